The second-order valence-electron chi connectivity index (χ2n) is 3.53. The van der Waals surface area contributed by atoms with Gasteiger partial charge in [0.05, 0.1) is 6.20 Å². The summed E-state index contributed by atoms with van der Waals surface area (Å²) in [5, 5.41) is 12.9. The fraction of sp³-hybridized carbons (Fsp3) is 0.556. The van der Waals surface area contributed by atoms with Crippen LogP contribution in [0.4, 0.5) is 0 Å². The Hall–Kier alpha value is -1.40. The molecule has 84 valence electrons. The van der Waals surface area contributed by atoms with Crippen LogP contribution in [0.3, 0.4) is 0 Å². The van der Waals surface area contributed by atoms with Crippen LogP contribution in [-0.4, -0.2) is 45.4 Å². The van der Waals surface area contributed by atoms with E-state index in [1.54, 1.807) is 22.8 Å². The van der Waals surface area contributed by atoms with Crippen molar-refractivity contribution in [2.45, 2.75) is 12.6 Å². The largest absolute Gasteiger partial charge is 0.480 e. The van der Waals surface area contributed by atoms with E-state index in [0.717, 1.165) is 5.56 Å². The van der Waals surface area contributed by atoms with Crippen LogP contribution in [0.1, 0.15) is 5.56 Å². The molecule has 0 aromatic carbocycles. The second kappa shape index (κ2) is 4.90. The van der Waals surface area contributed by atoms with Crippen LogP contribution in [0, 0.1) is 0 Å². The average molecular weight is 212 g/mol. The third-order valence-corrected chi connectivity index (χ3v) is 2.23. The zero-order valence-electron chi connectivity index (χ0n) is 8.92. The predicted molar refractivity (Wildman–Crippen MR) is 55.2 cm³/mol. The number of carbonyl (C=O) groups is 1. The van der Waals surface area contributed by atoms with Gasteiger partial charge in [-0.25, -0.2) is 0 Å². The molecule has 6 nitrogen and oxygen atoms in total. The lowest BCUT2D eigenvalue weighted by Gasteiger charge is -2.22. The molecule has 1 aromatic rings. The van der Waals surface area contributed by atoms with Gasteiger partial charge < -0.3 is 10.8 Å². The van der Waals surface area contributed by atoms with Gasteiger partial charge in [-0.05, 0) is 7.05 Å². The summed E-state index contributed by atoms with van der Waals surface area (Å²) >= 11 is 0. The van der Waals surface area contributed by atoms with Crippen molar-refractivity contribution in [2.75, 3.05) is 13.6 Å². The number of carboxylic acid groups (broad SMARTS) is 1. The normalized spacial score (nSPS) is 13.1. The number of aryl methyl sites for hydroxylation is 1. The van der Waals surface area contributed by atoms with Gasteiger partial charge in [-0.3, -0.25) is 14.4 Å². The number of likely N-dealkylation sites (N-methyl/N-ethyl adjacent to an activating group) is 1. The molecular formula is C9H16N4O2. The van der Waals surface area contributed by atoms with Crippen molar-refractivity contribution in [3.63, 3.8) is 0 Å². The maximum Gasteiger partial charge on any atom is 0.322 e. The van der Waals surface area contributed by atoms with Crippen LogP contribution in [0.25, 0.3) is 0 Å². The van der Waals surface area contributed by atoms with Crippen molar-refractivity contribution in [1.29, 1.82) is 0 Å². The van der Waals surface area contributed by atoms with E-state index in [1.165, 1.54) is 0 Å². The molecule has 0 aliphatic rings. The predicted octanol–water partition coefficient (Wildman–Crippen LogP) is -0.736. The highest BCUT2D eigenvalue weighted by Gasteiger charge is 2.20. The first-order valence-corrected chi connectivity index (χ1v) is 4.65. The highest BCUT2D eigenvalue weighted by Crippen LogP contribution is 2.04. The summed E-state index contributed by atoms with van der Waals surface area (Å²) in [4.78, 5) is 12.5. The number of nitrogens with zero attached hydrogens (tertiary/aromatic N) is 3. The van der Waals surface area contributed by atoms with Gasteiger partial charge in [0.1, 0.15) is 6.04 Å². The molecule has 0 saturated carbocycles. The Morgan fingerprint density at radius 3 is 2.87 bits per heavy atom. The number of rotatable bonds is 5. The van der Waals surface area contributed by atoms with Gasteiger partial charge in [0.15, 0.2) is 0 Å². The third-order valence-electron chi connectivity index (χ3n) is 2.23. The van der Waals surface area contributed by atoms with Gasteiger partial charge in [-0.2, -0.15) is 5.10 Å². The Bertz CT molecular complexity index is 337. The molecule has 0 bridgehead atoms. The van der Waals surface area contributed by atoms with E-state index in [-0.39, 0.29) is 6.54 Å². The molecular weight excluding hydrogens is 196 g/mol. The van der Waals surface area contributed by atoms with E-state index < -0.39 is 12.0 Å². The summed E-state index contributed by atoms with van der Waals surface area (Å²) in [6.07, 6.45) is 3.57. The number of hydrogen-bond acceptors (Lipinski definition) is 4. The lowest BCUT2D eigenvalue weighted by atomic mass is 10.2. The molecule has 6 heteroatoms. The summed E-state index contributed by atoms with van der Waals surface area (Å²) in [5.74, 6) is -0.899. The molecule has 1 rings (SSSR count). The van der Waals surface area contributed by atoms with Gasteiger partial charge >= 0.3 is 5.97 Å². The van der Waals surface area contributed by atoms with Crippen molar-refractivity contribution >= 4 is 5.97 Å². The van der Waals surface area contributed by atoms with E-state index in [1.807, 2.05) is 13.2 Å². The molecule has 0 radical (unpaired) electrons. The molecule has 0 aliphatic heterocycles. The summed E-state index contributed by atoms with van der Waals surface area (Å²) in [5.41, 5.74) is 6.36. The van der Waals surface area contributed by atoms with Crippen LogP contribution in [0.5, 0.6) is 0 Å². The van der Waals surface area contributed by atoms with Gasteiger partial charge in [0.2, 0.25) is 0 Å². The van der Waals surface area contributed by atoms with E-state index in [4.69, 9.17) is 10.8 Å². The molecule has 0 amide bonds. The standard InChI is InChI=1S/C9H16N4O2/c1-12(8(3-10)9(14)15)5-7-4-11-13(2)6-7/h4,6,8H,3,5,10H2,1-2H3,(H,14,15). The molecule has 1 unspecified atom stereocenters. The van der Waals surface area contributed by atoms with Crippen LogP contribution < -0.4 is 5.73 Å². The lowest BCUT2D eigenvalue weighted by molar-refractivity contribution is -0.142. The van der Waals surface area contributed by atoms with E-state index in [9.17, 15) is 4.79 Å². The van der Waals surface area contributed by atoms with E-state index in [0.29, 0.717) is 6.54 Å². The van der Waals surface area contributed by atoms with Crippen LogP contribution >= 0.6 is 0 Å². The van der Waals surface area contributed by atoms with Crippen molar-refractivity contribution in [2.24, 2.45) is 12.8 Å². The SMILES string of the molecule is CN(Cc1cnn(C)c1)C(CN)C(=O)O. The third kappa shape index (κ3) is 3.03. The topological polar surface area (TPSA) is 84.4 Å². The average Bonchev–Trinajstić information content (AvgIpc) is 2.51. The molecule has 15 heavy (non-hydrogen) atoms. The number of nitrogens with two attached hydrogens (primary N) is 1. The molecule has 0 saturated heterocycles. The lowest BCUT2D eigenvalue weighted by Crippen LogP contribution is -2.43. The van der Waals surface area contributed by atoms with Crippen molar-refractivity contribution in [1.82, 2.24) is 14.7 Å². The minimum atomic E-state index is -0.899. The number of aromatic nitrogens is 2. The van der Waals surface area contributed by atoms with Crippen molar-refractivity contribution in [3.05, 3.63) is 18.0 Å². The summed E-state index contributed by atoms with van der Waals surface area (Å²) in [6.45, 7) is 0.633. The smallest absolute Gasteiger partial charge is 0.322 e. The minimum absolute atomic E-state index is 0.103. The first-order chi connectivity index (χ1) is 7.04. The molecule has 3 N–H and O–H groups in total. The van der Waals surface area contributed by atoms with Gasteiger partial charge in [-0.1, -0.05) is 0 Å². The zero-order chi connectivity index (χ0) is 11.4. The van der Waals surface area contributed by atoms with Gasteiger partial charge in [0.25, 0.3) is 0 Å². The fourth-order valence-electron chi connectivity index (χ4n) is 1.42. The number of aliphatic carboxylic acids is 1. The molecule has 0 spiro atoms. The Balaban J connectivity index is 2.61. The number of hydrogen-bond donors (Lipinski definition) is 2. The quantitative estimate of drug-likeness (QED) is 0.671. The highest BCUT2D eigenvalue weighted by molar-refractivity contribution is 5.73. The van der Waals surface area contributed by atoms with Gasteiger partial charge in [0, 0.05) is 31.9 Å². The van der Waals surface area contributed by atoms with Crippen molar-refractivity contribution < 1.29 is 9.90 Å². The summed E-state index contributed by atoms with van der Waals surface area (Å²) < 4.78 is 1.68. The Labute approximate surface area is 88.3 Å². The zero-order valence-corrected chi connectivity index (χ0v) is 8.92. The van der Waals surface area contributed by atoms with E-state index >= 15 is 0 Å². The Kier molecular flexibility index (Phi) is 3.81. The molecule has 0 aliphatic carbocycles. The van der Waals surface area contributed by atoms with E-state index in [2.05, 4.69) is 5.10 Å². The molecule has 0 fully saturated rings. The Morgan fingerprint density at radius 2 is 2.47 bits per heavy atom. The summed E-state index contributed by atoms with van der Waals surface area (Å²) in [6, 6.07) is -0.648. The highest BCUT2D eigenvalue weighted by atomic mass is 16.4. The first-order valence-electron chi connectivity index (χ1n) is 4.65. The van der Waals surface area contributed by atoms with Crippen LogP contribution in [-0.2, 0) is 18.4 Å². The maximum absolute atomic E-state index is 10.8. The fourth-order valence-corrected chi connectivity index (χ4v) is 1.42. The molecule has 1 atom stereocenters. The second-order valence-corrected chi connectivity index (χ2v) is 3.53. The monoisotopic (exact) mass is 212 g/mol. The van der Waals surface area contributed by atoms with Crippen LogP contribution in [0.15, 0.2) is 12.4 Å². The Morgan fingerprint density at radius 1 is 1.80 bits per heavy atom. The maximum atomic E-state index is 10.8. The minimum Gasteiger partial charge on any atom is -0.480 e. The van der Waals surface area contributed by atoms with Crippen molar-refractivity contribution in [3.8, 4) is 0 Å². The number of carboxylic acids is 1. The first kappa shape index (κ1) is 11.7. The molecule has 1 heterocycles. The van der Waals surface area contributed by atoms with Crippen LogP contribution in [0.2, 0.25) is 0 Å². The van der Waals surface area contributed by atoms with Gasteiger partial charge in [-0.15, -0.1) is 0 Å². The summed E-state index contributed by atoms with van der Waals surface area (Å²) in [7, 11) is 3.56. The molecule has 1 aromatic heterocycles.